The van der Waals surface area contributed by atoms with Crippen LogP contribution in [0.15, 0.2) is 24.3 Å². The summed E-state index contributed by atoms with van der Waals surface area (Å²) in [6.07, 6.45) is 0.797. The zero-order chi connectivity index (χ0) is 12.6. The molecule has 1 heterocycles. The fourth-order valence-electron chi connectivity index (χ4n) is 1.93. The first-order valence-corrected chi connectivity index (χ1v) is 5.52. The van der Waals surface area contributed by atoms with Gasteiger partial charge in [-0.1, -0.05) is 11.6 Å². The van der Waals surface area contributed by atoms with Crippen LogP contribution in [0.2, 0.25) is 5.02 Å². The molecule has 2 aromatic rings. The third-order valence-corrected chi connectivity index (χ3v) is 3.07. The van der Waals surface area contributed by atoms with E-state index in [0.717, 1.165) is 17.7 Å². The first-order chi connectivity index (χ1) is 8.04. The molecular formula is C13H11ClFNO. The van der Waals surface area contributed by atoms with Gasteiger partial charge in [0.2, 0.25) is 0 Å². The maximum absolute atomic E-state index is 13.4. The molecule has 17 heavy (non-hydrogen) atoms. The van der Waals surface area contributed by atoms with Crippen molar-refractivity contribution in [2.75, 3.05) is 0 Å². The molecule has 88 valence electrons. The lowest BCUT2D eigenvalue weighted by Gasteiger charge is -2.09. The molecule has 0 N–H and O–H groups in total. The summed E-state index contributed by atoms with van der Waals surface area (Å²) in [6.45, 7) is 3.69. The van der Waals surface area contributed by atoms with E-state index in [4.69, 9.17) is 11.6 Å². The van der Waals surface area contributed by atoms with E-state index in [1.807, 2.05) is 18.4 Å². The lowest BCUT2D eigenvalue weighted by atomic mass is 10.2. The highest BCUT2D eigenvalue weighted by molar-refractivity contribution is 6.30. The quantitative estimate of drug-likeness (QED) is 0.746. The Morgan fingerprint density at radius 1 is 1.29 bits per heavy atom. The maximum Gasteiger partial charge on any atom is 0.151 e. The molecule has 0 unspecified atom stereocenters. The minimum atomic E-state index is -0.468. The van der Waals surface area contributed by atoms with Gasteiger partial charge in [-0.05, 0) is 38.1 Å². The van der Waals surface area contributed by atoms with Crippen LogP contribution in [0, 0.1) is 19.7 Å². The molecule has 0 atom stereocenters. The third-order valence-electron chi connectivity index (χ3n) is 2.76. The molecule has 1 aromatic heterocycles. The topological polar surface area (TPSA) is 22.0 Å². The predicted molar refractivity (Wildman–Crippen MR) is 65.6 cm³/mol. The van der Waals surface area contributed by atoms with E-state index in [9.17, 15) is 9.18 Å². The molecule has 0 spiro atoms. The Balaban J connectivity index is 2.63. The van der Waals surface area contributed by atoms with Gasteiger partial charge in [0.25, 0.3) is 0 Å². The van der Waals surface area contributed by atoms with E-state index >= 15 is 0 Å². The maximum atomic E-state index is 13.4. The second-order valence-electron chi connectivity index (χ2n) is 3.88. The van der Waals surface area contributed by atoms with Gasteiger partial charge in [-0.25, -0.2) is 4.39 Å². The van der Waals surface area contributed by atoms with Crippen molar-refractivity contribution in [3.8, 4) is 5.69 Å². The Hall–Kier alpha value is -1.61. The average Bonchev–Trinajstić information content (AvgIpc) is 2.58. The SMILES string of the molecule is Cc1cc(C=O)c(C)n1-c1ccc(Cl)c(F)c1. The van der Waals surface area contributed by atoms with E-state index in [1.165, 1.54) is 12.1 Å². The molecule has 4 heteroatoms. The van der Waals surface area contributed by atoms with Crippen molar-refractivity contribution in [1.82, 2.24) is 4.57 Å². The normalized spacial score (nSPS) is 10.6. The molecule has 0 fully saturated rings. The summed E-state index contributed by atoms with van der Waals surface area (Å²) in [6, 6.07) is 6.36. The van der Waals surface area contributed by atoms with Crippen LogP contribution in [0.5, 0.6) is 0 Å². The number of aromatic nitrogens is 1. The number of benzene rings is 1. The summed E-state index contributed by atoms with van der Waals surface area (Å²) in [4.78, 5) is 10.8. The van der Waals surface area contributed by atoms with Crippen molar-refractivity contribution in [3.05, 3.63) is 52.1 Å². The van der Waals surface area contributed by atoms with E-state index in [-0.39, 0.29) is 5.02 Å². The van der Waals surface area contributed by atoms with Gasteiger partial charge in [0.15, 0.2) is 6.29 Å². The number of carbonyl (C=O) groups is 1. The van der Waals surface area contributed by atoms with Crippen molar-refractivity contribution in [2.24, 2.45) is 0 Å². The number of hydrogen-bond acceptors (Lipinski definition) is 1. The number of halogens is 2. The summed E-state index contributed by atoms with van der Waals surface area (Å²) in [5, 5.41) is 0.0897. The zero-order valence-corrected chi connectivity index (χ0v) is 10.3. The van der Waals surface area contributed by atoms with Gasteiger partial charge < -0.3 is 4.57 Å². The van der Waals surface area contributed by atoms with Crippen LogP contribution in [-0.4, -0.2) is 10.9 Å². The number of aldehydes is 1. The fourth-order valence-corrected chi connectivity index (χ4v) is 2.05. The first-order valence-electron chi connectivity index (χ1n) is 5.14. The van der Waals surface area contributed by atoms with Crippen LogP contribution in [0.4, 0.5) is 4.39 Å². The Labute approximate surface area is 104 Å². The van der Waals surface area contributed by atoms with Gasteiger partial charge in [0.1, 0.15) is 5.82 Å². The molecule has 0 aliphatic heterocycles. The molecule has 0 amide bonds. The smallest absolute Gasteiger partial charge is 0.151 e. The number of hydrogen-bond donors (Lipinski definition) is 0. The highest BCUT2D eigenvalue weighted by Crippen LogP contribution is 2.23. The minimum absolute atomic E-state index is 0.0897. The van der Waals surface area contributed by atoms with Gasteiger partial charge in [-0.3, -0.25) is 4.79 Å². The molecule has 1 aromatic carbocycles. The summed E-state index contributed by atoms with van der Waals surface area (Å²) < 4.78 is 15.2. The number of carbonyl (C=O) groups excluding carboxylic acids is 1. The van der Waals surface area contributed by atoms with Crippen LogP contribution in [0.25, 0.3) is 5.69 Å². The second kappa shape index (κ2) is 4.34. The Morgan fingerprint density at radius 2 is 2.00 bits per heavy atom. The monoisotopic (exact) mass is 251 g/mol. The average molecular weight is 252 g/mol. The van der Waals surface area contributed by atoms with Crippen molar-refractivity contribution in [2.45, 2.75) is 13.8 Å². The van der Waals surface area contributed by atoms with Crippen LogP contribution >= 0.6 is 11.6 Å². The van der Waals surface area contributed by atoms with E-state index in [0.29, 0.717) is 11.3 Å². The standard InChI is InChI=1S/C13H11ClFNO/c1-8-5-10(7-17)9(2)16(8)11-3-4-12(14)13(15)6-11/h3-7H,1-2H3. The van der Waals surface area contributed by atoms with E-state index in [1.54, 1.807) is 12.1 Å². The van der Waals surface area contributed by atoms with Gasteiger partial charge in [0.05, 0.1) is 5.02 Å². The molecule has 0 saturated heterocycles. The van der Waals surface area contributed by atoms with Gasteiger partial charge in [-0.2, -0.15) is 0 Å². The lowest BCUT2D eigenvalue weighted by molar-refractivity contribution is 0.112. The van der Waals surface area contributed by atoms with Crippen molar-refractivity contribution in [3.63, 3.8) is 0 Å². The van der Waals surface area contributed by atoms with E-state index in [2.05, 4.69) is 0 Å². The van der Waals surface area contributed by atoms with Crippen molar-refractivity contribution in [1.29, 1.82) is 0 Å². The molecular weight excluding hydrogens is 241 g/mol. The molecule has 0 bridgehead atoms. The van der Waals surface area contributed by atoms with Crippen LogP contribution in [0.1, 0.15) is 21.7 Å². The lowest BCUT2D eigenvalue weighted by Crippen LogP contribution is -2.00. The van der Waals surface area contributed by atoms with Crippen LogP contribution in [0.3, 0.4) is 0 Å². The highest BCUT2D eigenvalue weighted by atomic mass is 35.5. The Kier molecular flexibility index (Phi) is 3.03. The van der Waals surface area contributed by atoms with Crippen LogP contribution < -0.4 is 0 Å². The highest BCUT2D eigenvalue weighted by Gasteiger charge is 2.11. The Bertz CT molecular complexity index is 589. The third kappa shape index (κ3) is 1.98. The molecule has 0 saturated carbocycles. The van der Waals surface area contributed by atoms with Gasteiger partial charge >= 0.3 is 0 Å². The number of aryl methyl sites for hydroxylation is 1. The van der Waals surface area contributed by atoms with Gasteiger partial charge in [0, 0.05) is 22.6 Å². The fraction of sp³-hybridized carbons (Fsp3) is 0.154. The molecule has 2 rings (SSSR count). The Morgan fingerprint density at radius 3 is 2.53 bits per heavy atom. The van der Waals surface area contributed by atoms with Crippen molar-refractivity contribution < 1.29 is 9.18 Å². The summed E-state index contributed by atoms with van der Waals surface area (Å²) in [5.41, 5.74) is 2.94. The molecule has 0 aliphatic carbocycles. The van der Waals surface area contributed by atoms with Crippen LogP contribution in [-0.2, 0) is 0 Å². The largest absolute Gasteiger partial charge is 0.318 e. The molecule has 0 aliphatic rings. The molecule has 0 radical (unpaired) electrons. The second-order valence-corrected chi connectivity index (χ2v) is 4.29. The van der Waals surface area contributed by atoms with Gasteiger partial charge in [-0.15, -0.1) is 0 Å². The minimum Gasteiger partial charge on any atom is -0.318 e. The number of rotatable bonds is 2. The first kappa shape index (κ1) is 11.9. The van der Waals surface area contributed by atoms with E-state index < -0.39 is 5.82 Å². The summed E-state index contributed by atoms with van der Waals surface area (Å²) >= 11 is 5.64. The zero-order valence-electron chi connectivity index (χ0n) is 9.50. The summed E-state index contributed by atoms with van der Waals surface area (Å²) in [7, 11) is 0. The predicted octanol–water partition coefficient (Wildman–Crippen LogP) is 3.70. The molecule has 2 nitrogen and oxygen atoms in total. The summed E-state index contributed by atoms with van der Waals surface area (Å²) in [5.74, 6) is -0.468. The number of nitrogens with zero attached hydrogens (tertiary/aromatic N) is 1. The van der Waals surface area contributed by atoms with Crippen molar-refractivity contribution >= 4 is 17.9 Å².